The van der Waals surface area contributed by atoms with Gasteiger partial charge in [0.2, 0.25) is 5.91 Å². The van der Waals surface area contributed by atoms with Crippen LogP contribution in [-0.4, -0.2) is 30.0 Å². The number of anilines is 1. The van der Waals surface area contributed by atoms with Crippen molar-refractivity contribution in [2.24, 2.45) is 5.92 Å². The Morgan fingerprint density at radius 2 is 2.05 bits per heavy atom. The lowest BCUT2D eigenvalue weighted by Crippen LogP contribution is -2.34. The van der Waals surface area contributed by atoms with Gasteiger partial charge in [-0.15, -0.1) is 0 Å². The molecule has 1 aromatic rings. The number of amides is 1. The number of carbonyl (C=O) groups excluding carboxylic acids is 1. The number of nitrogens with zero attached hydrogens (tertiary/aromatic N) is 1. The van der Waals surface area contributed by atoms with Gasteiger partial charge in [0, 0.05) is 18.3 Å². The molecule has 0 spiro atoms. The van der Waals surface area contributed by atoms with E-state index < -0.39 is 0 Å². The Labute approximate surface area is 114 Å². The second kappa shape index (κ2) is 5.95. The smallest absolute Gasteiger partial charge is 0.226 e. The summed E-state index contributed by atoms with van der Waals surface area (Å²) >= 11 is 0. The maximum atomic E-state index is 12.1. The van der Waals surface area contributed by atoms with Crippen LogP contribution in [0.2, 0.25) is 0 Å². The van der Waals surface area contributed by atoms with Crippen LogP contribution in [0, 0.1) is 5.92 Å². The monoisotopic (exact) mass is 262 g/mol. The molecular weight excluding hydrogens is 240 g/mol. The van der Waals surface area contributed by atoms with Crippen LogP contribution in [0.5, 0.6) is 5.75 Å². The van der Waals surface area contributed by atoms with Crippen LogP contribution < -0.4 is 10.5 Å². The molecule has 1 saturated heterocycles. The summed E-state index contributed by atoms with van der Waals surface area (Å²) in [5.41, 5.74) is 6.31. The van der Waals surface area contributed by atoms with Crippen LogP contribution in [0.25, 0.3) is 0 Å². The molecule has 4 heteroatoms. The molecule has 1 aliphatic rings. The van der Waals surface area contributed by atoms with Crippen molar-refractivity contribution in [3.8, 4) is 5.75 Å². The standard InChI is InChI=1S/C15H22N2O2/c1-11-9-12(2)17(10-11)15(18)7-8-19-14-5-3-13(16)4-6-14/h3-6,11-12H,7-10,16H2,1-2H3. The SMILES string of the molecule is CC1CC(C)N(C(=O)CCOc2ccc(N)cc2)C1. The molecule has 104 valence electrons. The molecule has 19 heavy (non-hydrogen) atoms. The molecule has 0 bridgehead atoms. The van der Waals surface area contributed by atoms with Gasteiger partial charge in [-0.3, -0.25) is 4.79 Å². The highest BCUT2D eigenvalue weighted by Gasteiger charge is 2.29. The van der Waals surface area contributed by atoms with Gasteiger partial charge in [0.05, 0.1) is 13.0 Å². The van der Waals surface area contributed by atoms with Crippen molar-refractivity contribution in [1.29, 1.82) is 0 Å². The van der Waals surface area contributed by atoms with Crippen LogP contribution in [0.4, 0.5) is 5.69 Å². The lowest BCUT2D eigenvalue weighted by molar-refractivity contribution is -0.132. The fourth-order valence-corrected chi connectivity index (χ4v) is 2.61. The molecule has 0 radical (unpaired) electrons. The van der Waals surface area contributed by atoms with Crippen LogP contribution in [-0.2, 0) is 4.79 Å². The summed E-state index contributed by atoms with van der Waals surface area (Å²) < 4.78 is 5.55. The summed E-state index contributed by atoms with van der Waals surface area (Å²) in [6.07, 6.45) is 1.53. The van der Waals surface area contributed by atoms with Gasteiger partial charge in [0.25, 0.3) is 0 Å². The molecule has 0 aliphatic carbocycles. The van der Waals surface area contributed by atoms with E-state index in [1.807, 2.05) is 17.0 Å². The number of hydrogen-bond acceptors (Lipinski definition) is 3. The summed E-state index contributed by atoms with van der Waals surface area (Å²) in [6, 6.07) is 7.59. The first-order valence-corrected chi connectivity index (χ1v) is 6.84. The van der Waals surface area contributed by atoms with Crippen LogP contribution in [0.3, 0.4) is 0 Å². The predicted molar refractivity (Wildman–Crippen MR) is 75.9 cm³/mol. The second-order valence-corrected chi connectivity index (χ2v) is 5.40. The third-order valence-corrected chi connectivity index (χ3v) is 3.57. The molecule has 0 saturated carbocycles. The predicted octanol–water partition coefficient (Wildman–Crippen LogP) is 2.29. The van der Waals surface area contributed by atoms with E-state index >= 15 is 0 Å². The average Bonchev–Trinajstić information content (AvgIpc) is 2.71. The van der Waals surface area contributed by atoms with Gasteiger partial charge in [-0.1, -0.05) is 6.92 Å². The third-order valence-electron chi connectivity index (χ3n) is 3.57. The Kier molecular flexibility index (Phi) is 4.30. The van der Waals surface area contributed by atoms with Crippen LogP contribution in [0.15, 0.2) is 24.3 Å². The number of rotatable bonds is 4. The number of hydrogen-bond donors (Lipinski definition) is 1. The van der Waals surface area contributed by atoms with E-state index in [0.717, 1.165) is 18.7 Å². The number of nitrogen functional groups attached to an aromatic ring is 1. The minimum atomic E-state index is 0.187. The molecule has 1 fully saturated rings. The molecule has 2 unspecified atom stereocenters. The number of nitrogens with two attached hydrogens (primary N) is 1. The quantitative estimate of drug-likeness (QED) is 0.847. The van der Waals surface area contributed by atoms with E-state index in [9.17, 15) is 4.79 Å². The highest BCUT2D eigenvalue weighted by molar-refractivity contribution is 5.77. The Bertz CT molecular complexity index is 430. The van der Waals surface area contributed by atoms with E-state index in [-0.39, 0.29) is 5.91 Å². The zero-order valence-corrected chi connectivity index (χ0v) is 11.6. The van der Waals surface area contributed by atoms with Gasteiger partial charge < -0.3 is 15.4 Å². The molecule has 4 nitrogen and oxygen atoms in total. The van der Waals surface area contributed by atoms with E-state index in [2.05, 4.69) is 13.8 Å². The topological polar surface area (TPSA) is 55.6 Å². The molecule has 2 atom stereocenters. The Hall–Kier alpha value is -1.71. The van der Waals surface area contributed by atoms with Gasteiger partial charge in [-0.25, -0.2) is 0 Å². The van der Waals surface area contributed by atoms with E-state index in [1.54, 1.807) is 12.1 Å². The van der Waals surface area contributed by atoms with Crippen molar-refractivity contribution in [3.63, 3.8) is 0 Å². The van der Waals surface area contributed by atoms with Crippen molar-refractivity contribution in [3.05, 3.63) is 24.3 Å². The molecule has 2 N–H and O–H groups in total. The molecular formula is C15H22N2O2. The maximum Gasteiger partial charge on any atom is 0.226 e. The first-order valence-electron chi connectivity index (χ1n) is 6.84. The Balaban J connectivity index is 1.76. The van der Waals surface area contributed by atoms with E-state index in [4.69, 9.17) is 10.5 Å². The zero-order valence-electron chi connectivity index (χ0n) is 11.6. The highest BCUT2D eigenvalue weighted by Crippen LogP contribution is 2.23. The fourth-order valence-electron chi connectivity index (χ4n) is 2.61. The van der Waals surface area contributed by atoms with Crippen molar-refractivity contribution in [2.45, 2.75) is 32.7 Å². The molecule has 1 aliphatic heterocycles. The largest absolute Gasteiger partial charge is 0.493 e. The highest BCUT2D eigenvalue weighted by atomic mass is 16.5. The van der Waals surface area contributed by atoms with Crippen molar-refractivity contribution in [2.75, 3.05) is 18.9 Å². The van der Waals surface area contributed by atoms with E-state index in [0.29, 0.717) is 30.7 Å². The summed E-state index contributed by atoms with van der Waals surface area (Å²) in [6.45, 7) is 5.60. The average molecular weight is 262 g/mol. The minimum Gasteiger partial charge on any atom is -0.493 e. The number of likely N-dealkylation sites (tertiary alicyclic amines) is 1. The summed E-state index contributed by atoms with van der Waals surface area (Å²) in [5, 5.41) is 0. The Morgan fingerprint density at radius 3 is 2.63 bits per heavy atom. The lowest BCUT2D eigenvalue weighted by Gasteiger charge is -2.21. The summed E-state index contributed by atoms with van der Waals surface area (Å²) in [5.74, 6) is 1.55. The number of ether oxygens (including phenoxy) is 1. The normalized spacial score (nSPS) is 22.5. The Morgan fingerprint density at radius 1 is 1.37 bits per heavy atom. The minimum absolute atomic E-state index is 0.187. The first kappa shape index (κ1) is 13.7. The van der Waals surface area contributed by atoms with Gasteiger partial charge in [0.1, 0.15) is 5.75 Å². The zero-order chi connectivity index (χ0) is 13.8. The van der Waals surface area contributed by atoms with E-state index in [1.165, 1.54) is 0 Å². The first-order chi connectivity index (χ1) is 9.06. The van der Waals surface area contributed by atoms with Crippen molar-refractivity contribution >= 4 is 11.6 Å². The van der Waals surface area contributed by atoms with Crippen molar-refractivity contribution < 1.29 is 9.53 Å². The van der Waals surface area contributed by atoms with Gasteiger partial charge in [0.15, 0.2) is 0 Å². The van der Waals surface area contributed by atoms with Crippen LogP contribution in [0.1, 0.15) is 26.7 Å². The third kappa shape index (κ3) is 3.63. The molecule has 1 amide bonds. The molecule has 0 aromatic heterocycles. The molecule has 1 heterocycles. The number of benzene rings is 1. The lowest BCUT2D eigenvalue weighted by atomic mass is 10.1. The van der Waals surface area contributed by atoms with Gasteiger partial charge >= 0.3 is 0 Å². The maximum absolute atomic E-state index is 12.1. The van der Waals surface area contributed by atoms with Crippen molar-refractivity contribution in [1.82, 2.24) is 4.90 Å². The second-order valence-electron chi connectivity index (χ2n) is 5.40. The summed E-state index contributed by atoms with van der Waals surface area (Å²) in [7, 11) is 0. The molecule has 1 aromatic carbocycles. The van der Waals surface area contributed by atoms with Gasteiger partial charge in [-0.2, -0.15) is 0 Å². The summed E-state index contributed by atoms with van der Waals surface area (Å²) in [4.78, 5) is 14.0. The van der Waals surface area contributed by atoms with Gasteiger partial charge in [-0.05, 0) is 43.5 Å². The van der Waals surface area contributed by atoms with Crippen LogP contribution >= 0.6 is 0 Å². The fraction of sp³-hybridized carbons (Fsp3) is 0.533. The molecule has 2 rings (SSSR count). The number of carbonyl (C=O) groups is 1.